The van der Waals surface area contributed by atoms with Crippen molar-refractivity contribution in [2.45, 2.75) is 6.17 Å². The van der Waals surface area contributed by atoms with E-state index in [-0.39, 0.29) is 11.6 Å². The lowest BCUT2D eigenvalue weighted by molar-refractivity contribution is -0.384. The van der Waals surface area contributed by atoms with Crippen LogP contribution >= 0.6 is 0 Å². The highest BCUT2D eigenvalue weighted by Gasteiger charge is 2.38. The second kappa shape index (κ2) is 8.15. The number of urea groups is 1. The molecular formula is C22H19N5O4. The van der Waals surface area contributed by atoms with Gasteiger partial charge in [0.2, 0.25) is 0 Å². The number of para-hydroxylation sites is 2. The molecule has 0 aliphatic carbocycles. The van der Waals surface area contributed by atoms with E-state index in [0.29, 0.717) is 22.5 Å². The van der Waals surface area contributed by atoms with Crippen molar-refractivity contribution in [1.82, 2.24) is 10.4 Å². The summed E-state index contributed by atoms with van der Waals surface area (Å²) in [4.78, 5) is 38.3. The van der Waals surface area contributed by atoms with Crippen molar-refractivity contribution in [3.05, 3.63) is 100 Å². The number of carbonyl (C=O) groups is 2. The van der Waals surface area contributed by atoms with Crippen LogP contribution in [0.2, 0.25) is 0 Å². The largest absolute Gasteiger partial charge is 0.348 e. The standard InChI is InChI=1S/C22H19N5O4/c1-25-19-10-6-5-9-18(19)21(28)26(24-22(29)23-16-7-3-2-4-8-16)20(25)15-11-13-17(14-12-15)27(30)31/h2-14,20H,1H3,(H2,23,24,29). The lowest BCUT2D eigenvalue weighted by Crippen LogP contribution is -2.56. The number of rotatable bonds is 4. The fourth-order valence-electron chi connectivity index (χ4n) is 3.55. The van der Waals surface area contributed by atoms with Crippen molar-refractivity contribution in [3.8, 4) is 0 Å². The summed E-state index contributed by atoms with van der Waals surface area (Å²) < 4.78 is 0. The Morgan fingerprint density at radius 1 is 0.968 bits per heavy atom. The Bertz CT molecular complexity index is 1130. The molecule has 0 saturated carbocycles. The highest BCUT2D eigenvalue weighted by atomic mass is 16.6. The number of nitro groups is 1. The van der Waals surface area contributed by atoms with Gasteiger partial charge in [0.05, 0.1) is 16.2 Å². The van der Waals surface area contributed by atoms with Crippen LogP contribution in [-0.2, 0) is 0 Å². The predicted molar refractivity (Wildman–Crippen MR) is 115 cm³/mol. The van der Waals surface area contributed by atoms with Gasteiger partial charge in [0, 0.05) is 24.9 Å². The number of anilines is 2. The summed E-state index contributed by atoms with van der Waals surface area (Å²) in [5.74, 6) is -0.389. The smallest absolute Gasteiger partial charge is 0.338 e. The van der Waals surface area contributed by atoms with Crippen LogP contribution in [0.1, 0.15) is 22.1 Å². The lowest BCUT2D eigenvalue weighted by Gasteiger charge is -2.43. The average Bonchev–Trinajstić information content (AvgIpc) is 2.78. The van der Waals surface area contributed by atoms with Gasteiger partial charge in [-0.2, -0.15) is 0 Å². The topological polar surface area (TPSA) is 108 Å². The zero-order chi connectivity index (χ0) is 22.0. The van der Waals surface area contributed by atoms with Gasteiger partial charge in [-0.1, -0.05) is 30.3 Å². The summed E-state index contributed by atoms with van der Waals surface area (Å²) >= 11 is 0. The summed E-state index contributed by atoms with van der Waals surface area (Å²) in [5, 5.41) is 14.9. The molecule has 3 aromatic carbocycles. The second-order valence-corrected chi connectivity index (χ2v) is 6.96. The number of nitro benzene ring substituents is 1. The van der Waals surface area contributed by atoms with Gasteiger partial charge in [-0.05, 0) is 42.0 Å². The van der Waals surface area contributed by atoms with Crippen LogP contribution in [0.25, 0.3) is 0 Å². The molecule has 0 saturated heterocycles. The highest BCUT2D eigenvalue weighted by Crippen LogP contribution is 2.37. The lowest BCUT2D eigenvalue weighted by atomic mass is 10.0. The van der Waals surface area contributed by atoms with Gasteiger partial charge in [0.15, 0.2) is 6.17 Å². The zero-order valence-corrected chi connectivity index (χ0v) is 16.6. The van der Waals surface area contributed by atoms with E-state index in [1.165, 1.54) is 17.1 Å². The molecule has 156 valence electrons. The van der Waals surface area contributed by atoms with E-state index in [1.807, 2.05) is 23.1 Å². The molecular weight excluding hydrogens is 398 g/mol. The maximum Gasteiger partial charge on any atom is 0.338 e. The minimum atomic E-state index is -0.704. The molecule has 1 unspecified atom stereocenters. The molecule has 3 amide bonds. The summed E-state index contributed by atoms with van der Waals surface area (Å²) in [6.45, 7) is 0. The van der Waals surface area contributed by atoms with Gasteiger partial charge in [-0.15, -0.1) is 0 Å². The molecule has 0 spiro atoms. The van der Waals surface area contributed by atoms with Gasteiger partial charge in [0.1, 0.15) is 0 Å². The summed E-state index contributed by atoms with van der Waals surface area (Å²) in [5.41, 5.74) is 4.88. The number of carbonyl (C=O) groups excluding carboxylic acids is 2. The van der Waals surface area contributed by atoms with Crippen LogP contribution in [0.5, 0.6) is 0 Å². The van der Waals surface area contributed by atoms with Gasteiger partial charge in [-0.25, -0.2) is 15.2 Å². The maximum atomic E-state index is 13.3. The van der Waals surface area contributed by atoms with E-state index in [1.54, 1.807) is 55.6 Å². The van der Waals surface area contributed by atoms with E-state index in [2.05, 4.69) is 10.7 Å². The normalized spacial score (nSPS) is 15.3. The van der Waals surface area contributed by atoms with Crippen LogP contribution in [0.4, 0.5) is 21.9 Å². The molecule has 0 fully saturated rings. The van der Waals surface area contributed by atoms with Crippen LogP contribution in [0, 0.1) is 10.1 Å². The number of benzene rings is 3. The molecule has 9 nitrogen and oxygen atoms in total. The van der Waals surface area contributed by atoms with Gasteiger partial charge >= 0.3 is 6.03 Å². The first kappa shape index (κ1) is 19.9. The number of hydrogen-bond donors (Lipinski definition) is 2. The third kappa shape index (κ3) is 3.88. The fraction of sp³-hybridized carbons (Fsp3) is 0.0909. The van der Waals surface area contributed by atoms with Crippen LogP contribution in [0.15, 0.2) is 78.9 Å². The fourth-order valence-corrected chi connectivity index (χ4v) is 3.55. The molecule has 4 rings (SSSR count). The minimum absolute atomic E-state index is 0.0599. The molecule has 0 bridgehead atoms. The molecule has 1 aliphatic rings. The molecule has 1 heterocycles. The Morgan fingerprint density at radius 3 is 2.29 bits per heavy atom. The number of non-ortho nitro benzene ring substituents is 1. The number of nitrogens with one attached hydrogen (secondary N) is 2. The summed E-state index contributed by atoms with van der Waals surface area (Å²) in [6.07, 6.45) is -0.704. The van der Waals surface area contributed by atoms with Gasteiger partial charge in [0.25, 0.3) is 11.6 Å². The number of hydrogen-bond acceptors (Lipinski definition) is 5. The van der Waals surface area contributed by atoms with E-state index in [0.717, 1.165) is 0 Å². The molecule has 31 heavy (non-hydrogen) atoms. The molecule has 0 aromatic heterocycles. The molecule has 2 N–H and O–H groups in total. The SMILES string of the molecule is CN1c2ccccc2C(=O)N(NC(=O)Nc2ccccc2)C1c1ccc([N+](=O)[O-])cc1. The van der Waals surface area contributed by atoms with E-state index in [9.17, 15) is 19.7 Å². The van der Waals surface area contributed by atoms with Crippen LogP contribution in [-0.4, -0.2) is 28.9 Å². The van der Waals surface area contributed by atoms with Gasteiger partial charge in [-0.3, -0.25) is 14.9 Å². The Labute approximate surface area is 178 Å². The molecule has 9 heteroatoms. The summed E-state index contributed by atoms with van der Waals surface area (Å²) in [7, 11) is 1.79. The Hall–Kier alpha value is -4.40. The number of nitrogens with zero attached hydrogens (tertiary/aromatic N) is 3. The first-order valence-electron chi connectivity index (χ1n) is 9.48. The van der Waals surface area contributed by atoms with Gasteiger partial charge < -0.3 is 10.2 Å². The number of amides is 3. The van der Waals surface area contributed by atoms with Crippen molar-refractivity contribution in [1.29, 1.82) is 0 Å². The Morgan fingerprint density at radius 2 is 1.61 bits per heavy atom. The Balaban J connectivity index is 1.69. The van der Waals surface area contributed by atoms with Crippen molar-refractivity contribution in [2.75, 3.05) is 17.3 Å². The van der Waals surface area contributed by atoms with Crippen LogP contribution in [0.3, 0.4) is 0 Å². The van der Waals surface area contributed by atoms with Crippen molar-refractivity contribution in [2.24, 2.45) is 0 Å². The third-order valence-electron chi connectivity index (χ3n) is 5.00. The van der Waals surface area contributed by atoms with Crippen molar-refractivity contribution < 1.29 is 14.5 Å². The predicted octanol–water partition coefficient (Wildman–Crippen LogP) is 3.92. The monoisotopic (exact) mass is 417 g/mol. The molecule has 3 aromatic rings. The number of hydrazine groups is 1. The highest BCUT2D eigenvalue weighted by molar-refractivity contribution is 6.03. The minimum Gasteiger partial charge on any atom is -0.348 e. The molecule has 1 atom stereocenters. The first-order valence-corrected chi connectivity index (χ1v) is 9.48. The van der Waals surface area contributed by atoms with E-state index < -0.39 is 17.1 Å². The first-order chi connectivity index (χ1) is 15.0. The molecule has 0 radical (unpaired) electrons. The maximum absolute atomic E-state index is 13.3. The quantitative estimate of drug-likeness (QED) is 0.494. The van der Waals surface area contributed by atoms with E-state index in [4.69, 9.17) is 0 Å². The Kier molecular flexibility index (Phi) is 5.23. The second-order valence-electron chi connectivity index (χ2n) is 6.96. The summed E-state index contributed by atoms with van der Waals surface area (Å²) in [6, 6.07) is 21.2. The molecule has 1 aliphatic heterocycles. The number of fused-ring (bicyclic) bond motifs is 1. The third-order valence-corrected chi connectivity index (χ3v) is 5.00. The van der Waals surface area contributed by atoms with E-state index >= 15 is 0 Å². The average molecular weight is 417 g/mol. The zero-order valence-electron chi connectivity index (χ0n) is 16.6. The van der Waals surface area contributed by atoms with Crippen molar-refractivity contribution >= 4 is 29.0 Å². The van der Waals surface area contributed by atoms with Crippen molar-refractivity contribution in [3.63, 3.8) is 0 Å². The van der Waals surface area contributed by atoms with Crippen LogP contribution < -0.4 is 15.6 Å².